The lowest BCUT2D eigenvalue weighted by molar-refractivity contribution is -0.148. The minimum absolute atomic E-state index is 0.000579. The van der Waals surface area contributed by atoms with E-state index in [0.29, 0.717) is 23.0 Å². The van der Waals surface area contributed by atoms with Crippen LogP contribution in [-0.2, 0) is 4.79 Å². The molecule has 0 heterocycles. The number of hydrogen-bond donors (Lipinski definition) is 0. The molecular weight excluding hydrogens is 184 g/mol. The fraction of sp³-hybridized carbons (Fsp3) is 0.929. The van der Waals surface area contributed by atoms with Gasteiger partial charge in [0.1, 0.15) is 5.78 Å². The van der Waals surface area contributed by atoms with Crippen LogP contribution in [0.3, 0.4) is 0 Å². The molecule has 0 saturated heterocycles. The van der Waals surface area contributed by atoms with Gasteiger partial charge in [-0.25, -0.2) is 0 Å². The summed E-state index contributed by atoms with van der Waals surface area (Å²) in [6, 6.07) is 0. The van der Waals surface area contributed by atoms with E-state index in [1.54, 1.807) is 0 Å². The summed E-state index contributed by atoms with van der Waals surface area (Å²) in [5.74, 6) is 1.48. The van der Waals surface area contributed by atoms with E-state index in [0.717, 1.165) is 12.8 Å². The normalized spacial score (nSPS) is 44.9. The lowest BCUT2D eigenvalue weighted by atomic mass is 9.50. The van der Waals surface area contributed by atoms with Gasteiger partial charge in [0.2, 0.25) is 0 Å². The van der Waals surface area contributed by atoms with Crippen LogP contribution in [0.5, 0.6) is 0 Å². The second-order valence-electron chi connectivity index (χ2n) is 6.65. The van der Waals surface area contributed by atoms with E-state index in [1.165, 1.54) is 19.3 Å². The van der Waals surface area contributed by atoms with Crippen LogP contribution in [0, 0.1) is 22.7 Å². The van der Waals surface area contributed by atoms with E-state index in [9.17, 15) is 4.79 Å². The van der Waals surface area contributed by atoms with Gasteiger partial charge in [-0.1, -0.05) is 34.1 Å². The highest BCUT2D eigenvalue weighted by Gasteiger charge is 2.53. The number of hydrogen-bond acceptors (Lipinski definition) is 1. The largest absolute Gasteiger partial charge is 0.299 e. The van der Waals surface area contributed by atoms with Crippen molar-refractivity contribution >= 4 is 5.78 Å². The summed E-state index contributed by atoms with van der Waals surface area (Å²) >= 11 is 0. The van der Waals surface area contributed by atoms with E-state index in [4.69, 9.17) is 0 Å². The fourth-order valence-electron chi connectivity index (χ4n) is 4.24. The topological polar surface area (TPSA) is 17.1 Å². The zero-order valence-electron chi connectivity index (χ0n) is 10.6. The molecule has 0 spiro atoms. The first kappa shape index (κ1) is 11.2. The molecule has 0 N–H and O–H groups in total. The lowest BCUT2D eigenvalue weighted by Gasteiger charge is -2.53. The monoisotopic (exact) mass is 208 g/mol. The van der Waals surface area contributed by atoms with Gasteiger partial charge in [-0.15, -0.1) is 0 Å². The van der Waals surface area contributed by atoms with Crippen molar-refractivity contribution in [3.8, 4) is 0 Å². The van der Waals surface area contributed by atoms with Gasteiger partial charge < -0.3 is 0 Å². The second kappa shape index (κ2) is 3.33. The Bertz CT molecular complexity index is 279. The average Bonchev–Trinajstić information content (AvgIpc) is 2.12. The Hall–Kier alpha value is -0.330. The van der Waals surface area contributed by atoms with Crippen LogP contribution < -0.4 is 0 Å². The van der Waals surface area contributed by atoms with Crippen molar-refractivity contribution in [3.05, 3.63) is 0 Å². The van der Waals surface area contributed by atoms with Crippen LogP contribution in [0.15, 0.2) is 0 Å². The van der Waals surface area contributed by atoms with Gasteiger partial charge in [0.05, 0.1) is 0 Å². The van der Waals surface area contributed by atoms with Gasteiger partial charge >= 0.3 is 0 Å². The Balaban J connectivity index is 2.34. The van der Waals surface area contributed by atoms with Crippen molar-refractivity contribution < 1.29 is 4.79 Å². The number of carbonyl (C=O) groups excluding carboxylic acids is 1. The molecule has 0 aromatic rings. The minimum atomic E-state index is -0.000579. The van der Waals surface area contributed by atoms with Crippen molar-refractivity contribution in [2.75, 3.05) is 0 Å². The molecule has 0 aliphatic heterocycles. The standard InChI is InChI=1S/C14H24O/c1-10-6-7-11-13(2,3)8-5-9-14(11,4)12(10)15/h10-11H,5-9H2,1-4H3/t10-,11-,14+/m1/s1. The molecule has 1 heteroatoms. The maximum atomic E-state index is 12.4. The SMILES string of the molecule is C[C@@H]1CC[C@@H]2C(C)(C)CCC[C@]2(C)C1=O. The first-order valence-electron chi connectivity index (χ1n) is 6.42. The summed E-state index contributed by atoms with van der Waals surface area (Å²) in [5, 5.41) is 0. The van der Waals surface area contributed by atoms with Crippen LogP contribution in [0.25, 0.3) is 0 Å². The smallest absolute Gasteiger partial charge is 0.141 e. The van der Waals surface area contributed by atoms with Crippen LogP contribution >= 0.6 is 0 Å². The van der Waals surface area contributed by atoms with Crippen molar-refractivity contribution in [3.63, 3.8) is 0 Å². The van der Waals surface area contributed by atoms with Crippen molar-refractivity contribution in [2.24, 2.45) is 22.7 Å². The molecule has 0 aromatic heterocycles. The van der Waals surface area contributed by atoms with E-state index in [1.807, 2.05) is 0 Å². The Morgan fingerprint density at radius 3 is 2.47 bits per heavy atom. The van der Waals surface area contributed by atoms with Crippen molar-refractivity contribution in [1.82, 2.24) is 0 Å². The summed E-state index contributed by atoms with van der Waals surface area (Å²) in [6.45, 7) is 9.07. The Morgan fingerprint density at radius 1 is 1.13 bits per heavy atom. The third-order valence-corrected chi connectivity index (χ3v) is 5.13. The Labute approximate surface area is 93.6 Å². The first-order chi connectivity index (χ1) is 6.88. The number of rotatable bonds is 0. The molecule has 2 saturated carbocycles. The molecule has 2 fully saturated rings. The molecule has 15 heavy (non-hydrogen) atoms. The molecule has 86 valence electrons. The zero-order valence-corrected chi connectivity index (χ0v) is 10.6. The predicted octanol–water partition coefficient (Wildman–Crippen LogP) is 3.82. The molecule has 0 unspecified atom stereocenters. The van der Waals surface area contributed by atoms with Gasteiger partial charge in [-0.2, -0.15) is 0 Å². The van der Waals surface area contributed by atoms with E-state index in [-0.39, 0.29) is 5.41 Å². The van der Waals surface area contributed by atoms with Crippen LogP contribution in [0.4, 0.5) is 0 Å². The van der Waals surface area contributed by atoms with Gasteiger partial charge in [0, 0.05) is 11.3 Å². The zero-order chi connectivity index (χ0) is 11.3. The third-order valence-electron chi connectivity index (χ3n) is 5.13. The highest BCUT2D eigenvalue weighted by molar-refractivity contribution is 5.87. The third kappa shape index (κ3) is 1.55. The Kier molecular flexibility index (Phi) is 2.48. The first-order valence-corrected chi connectivity index (χ1v) is 6.42. The number of Topliss-reactive ketones (excluding diaryl/α,β-unsaturated/α-hetero) is 1. The second-order valence-corrected chi connectivity index (χ2v) is 6.65. The molecule has 0 aromatic carbocycles. The highest BCUT2D eigenvalue weighted by Crippen LogP contribution is 2.56. The minimum Gasteiger partial charge on any atom is -0.299 e. The molecule has 3 atom stereocenters. The molecule has 0 radical (unpaired) electrons. The fourth-order valence-corrected chi connectivity index (χ4v) is 4.24. The number of fused-ring (bicyclic) bond motifs is 1. The predicted molar refractivity (Wildman–Crippen MR) is 62.6 cm³/mol. The maximum Gasteiger partial charge on any atom is 0.141 e. The molecule has 0 bridgehead atoms. The van der Waals surface area contributed by atoms with Crippen LogP contribution in [-0.4, -0.2) is 5.78 Å². The van der Waals surface area contributed by atoms with Crippen molar-refractivity contribution in [1.29, 1.82) is 0 Å². The molecule has 1 nitrogen and oxygen atoms in total. The molecule has 0 amide bonds. The average molecular weight is 208 g/mol. The quantitative estimate of drug-likeness (QED) is 0.591. The number of ketones is 1. The van der Waals surface area contributed by atoms with Crippen LogP contribution in [0.2, 0.25) is 0 Å². The van der Waals surface area contributed by atoms with Crippen molar-refractivity contribution in [2.45, 2.75) is 59.8 Å². The Morgan fingerprint density at radius 2 is 1.80 bits per heavy atom. The van der Waals surface area contributed by atoms with Gasteiger partial charge in [-0.05, 0) is 37.0 Å². The molecule has 2 rings (SSSR count). The molecule has 2 aliphatic carbocycles. The van der Waals surface area contributed by atoms with Crippen LogP contribution in [0.1, 0.15) is 59.8 Å². The lowest BCUT2D eigenvalue weighted by Crippen LogP contribution is -2.51. The summed E-state index contributed by atoms with van der Waals surface area (Å²) in [4.78, 5) is 12.4. The summed E-state index contributed by atoms with van der Waals surface area (Å²) in [7, 11) is 0. The van der Waals surface area contributed by atoms with Gasteiger partial charge in [0.15, 0.2) is 0 Å². The maximum absolute atomic E-state index is 12.4. The van der Waals surface area contributed by atoms with Gasteiger partial charge in [-0.3, -0.25) is 4.79 Å². The number of carbonyl (C=O) groups is 1. The van der Waals surface area contributed by atoms with E-state index >= 15 is 0 Å². The van der Waals surface area contributed by atoms with E-state index < -0.39 is 0 Å². The van der Waals surface area contributed by atoms with E-state index in [2.05, 4.69) is 27.7 Å². The summed E-state index contributed by atoms with van der Waals surface area (Å²) in [6.07, 6.45) is 6.04. The highest BCUT2D eigenvalue weighted by atomic mass is 16.1. The van der Waals surface area contributed by atoms with Gasteiger partial charge in [0.25, 0.3) is 0 Å². The molecule has 2 aliphatic rings. The molecular formula is C14H24O. The summed E-state index contributed by atoms with van der Waals surface area (Å²) in [5.41, 5.74) is 0.377. The summed E-state index contributed by atoms with van der Waals surface area (Å²) < 4.78 is 0.